The van der Waals surface area contributed by atoms with Crippen LogP contribution in [-0.4, -0.2) is 96.7 Å². The summed E-state index contributed by atoms with van der Waals surface area (Å²) in [4.78, 5) is 73.6. The molecule has 0 fully saturated rings. The second kappa shape index (κ2) is 88.4. The lowest BCUT2D eigenvalue weighted by Crippen LogP contribution is -2.30. The molecule has 17 nitrogen and oxygen atoms in total. The van der Waals surface area contributed by atoms with E-state index in [9.17, 15) is 43.2 Å². The molecule has 0 aliphatic rings. The Balaban J connectivity index is 5.25. The molecule has 0 radical (unpaired) electrons. The summed E-state index contributed by atoms with van der Waals surface area (Å²) in [6.45, 7) is 7.50. The lowest BCUT2D eigenvalue weighted by molar-refractivity contribution is -0.161. The SMILES string of the molecule is CCCCCCCCCCCCCCCCCCCCCCCC(=O)OC[C@H](COP(=O)(O)OC[C@@H](O)COP(=O)(O)OC[C@@H](COC(=O)CCCCCCCCCCCCCCC)OC(=O)CCCCCCCCCCCCCCCCCCCCC)OC(=O)CCCCCCCCCCCCCCCCCCCCC(C)CC. The topological polar surface area (TPSA) is 237 Å². The van der Waals surface area contributed by atoms with Gasteiger partial charge in [0.15, 0.2) is 12.2 Å². The predicted octanol–water partition coefficient (Wildman–Crippen LogP) is 30.3. The van der Waals surface area contributed by atoms with Gasteiger partial charge in [-0.25, -0.2) is 9.13 Å². The molecule has 0 spiro atoms. The van der Waals surface area contributed by atoms with Crippen molar-refractivity contribution < 1.29 is 80.2 Å². The molecular weight excluding hydrogens is 1490 g/mol. The number of hydrogen-bond acceptors (Lipinski definition) is 15. The van der Waals surface area contributed by atoms with Gasteiger partial charge in [0.25, 0.3) is 0 Å². The third kappa shape index (κ3) is 88.2. The molecule has 0 aromatic carbocycles. The number of unbranched alkanes of at least 4 members (excludes halogenated alkanes) is 67. The summed E-state index contributed by atoms with van der Waals surface area (Å²) in [5, 5.41) is 10.7. The normalized spacial score (nSPS) is 13.8. The molecule has 0 aliphatic carbocycles. The van der Waals surface area contributed by atoms with Crippen molar-refractivity contribution >= 4 is 39.5 Å². The third-order valence-electron chi connectivity index (χ3n) is 23.1. The van der Waals surface area contributed by atoms with E-state index >= 15 is 0 Å². The Morgan fingerprint density at radius 2 is 0.417 bits per heavy atom. The highest BCUT2D eigenvalue weighted by molar-refractivity contribution is 7.47. The highest BCUT2D eigenvalue weighted by Gasteiger charge is 2.31. The number of hydrogen-bond donors (Lipinski definition) is 3. The maximum absolute atomic E-state index is 13.2. The van der Waals surface area contributed by atoms with E-state index in [1.165, 1.54) is 353 Å². The van der Waals surface area contributed by atoms with Crippen LogP contribution in [0.1, 0.15) is 529 Å². The van der Waals surface area contributed by atoms with E-state index < -0.39 is 97.5 Å². The zero-order valence-electron chi connectivity index (χ0n) is 76.0. The first-order valence-corrected chi connectivity index (χ1v) is 52.7. The van der Waals surface area contributed by atoms with E-state index in [2.05, 4.69) is 34.6 Å². The van der Waals surface area contributed by atoms with Crippen molar-refractivity contribution in [3.63, 3.8) is 0 Å². The summed E-state index contributed by atoms with van der Waals surface area (Å²) in [5.74, 6) is -1.21. The van der Waals surface area contributed by atoms with Crippen LogP contribution < -0.4 is 0 Å². The Morgan fingerprint density at radius 1 is 0.243 bits per heavy atom. The van der Waals surface area contributed by atoms with E-state index in [1.807, 2.05) is 0 Å². The van der Waals surface area contributed by atoms with Crippen LogP contribution in [0.25, 0.3) is 0 Å². The first-order chi connectivity index (χ1) is 56.1. The van der Waals surface area contributed by atoms with Crippen molar-refractivity contribution in [3.05, 3.63) is 0 Å². The summed E-state index contributed by atoms with van der Waals surface area (Å²) >= 11 is 0. The van der Waals surface area contributed by atoms with Crippen LogP contribution in [0.3, 0.4) is 0 Å². The lowest BCUT2D eigenvalue weighted by Gasteiger charge is -2.21. The Morgan fingerprint density at radius 3 is 0.617 bits per heavy atom. The van der Waals surface area contributed by atoms with Crippen molar-refractivity contribution in [2.24, 2.45) is 5.92 Å². The lowest BCUT2D eigenvalue weighted by atomic mass is 9.99. The molecule has 0 aliphatic heterocycles. The van der Waals surface area contributed by atoms with Crippen LogP contribution in [0.15, 0.2) is 0 Å². The van der Waals surface area contributed by atoms with Gasteiger partial charge in [0.1, 0.15) is 19.3 Å². The second-order valence-electron chi connectivity index (χ2n) is 34.7. The van der Waals surface area contributed by atoms with Gasteiger partial charge in [-0.05, 0) is 31.6 Å². The van der Waals surface area contributed by atoms with E-state index in [1.54, 1.807) is 0 Å². The van der Waals surface area contributed by atoms with E-state index in [0.29, 0.717) is 25.7 Å². The van der Waals surface area contributed by atoms with Gasteiger partial charge in [0.05, 0.1) is 26.4 Å². The molecule has 0 aromatic rings. The van der Waals surface area contributed by atoms with Crippen LogP contribution >= 0.6 is 15.6 Å². The van der Waals surface area contributed by atoms with Gasteiger partial charge in [0, 0.05) is 25.7 Å². The fourth-order valence-electron chi connectivity index (χ4n) is 15.2. The molecule has 0 rings (SSSR count). The average Bonchev–Trinajstić information content (AvgIpc) is 0.898. The van der Waals surface area contributed by atoms with Gasteiger partial charge in [0.2, 0.25) is 0 Å². The fourth-order valence-corrected chi connectivity index (χ4v) is 16.8. The van der Waals surface area contributed by atoms with Crippen LogP contribution in [0, 0.1) is 5.92 Å². The van der Waals surface area contributed by atoms with Crippen molar-refractivity contribution in [1.29, 1.82) is 0 Å². The molecule has 3 N–H and O–H groups in total. The number of carbonyl (C=O) groups is 4. The summed E-state index contributed by atoms with van der Waals surface area (Å²) in [7, 11) is -9.94. The molecule has 0 saturated carbocycles. The van der Waals surface area contributed by atoms with Gasteiger partial charge < -0.3 is 33.8 Å². The standard InChI is InChI=1S/C96H188O17P2/c1-6-10-13-16-19-22-25-28-30-32-34-35-37-41-45-50-55-60-65-70-75-80-94(99)107-86-92(113-96(101)82-77-72-67-62-57-52-47-43-39-38-40-44-49-53-58-63-68-73-78-89(5)9-4)88-111-115(104,105)109-84-90(97)83-108-114(102,103)110-87-91(85-106-93(98)79-74-69-64-59-54-48-27-24-21-18-15-12-8-3)112-95(100)81-76-71-66-61-56-51-46-42-36-33-31-29-26-23-20-17-14-11-7-2/h89-92,97H,6-88H2,1-5H3,(H,102,103)(H,104,105)/t89?,90-,91+,92+/m0/s1. The molecular formula is C96H188O17P2. The van der Waals surface area contributed by atoms with Crippen LogP contribution in [0.5, 0.6) is 0 Å². The Bertz CT molecular complexity index is 2170. The minimum atomic E-state index is -4.97. The number of phosphoric acid groups is 2. The first kappa shape index (κ1) is 113. The van der Waals surface area contributed by atoms with Crippen molar-refractivity contribution in [2.45, 2.75) is 547 Å². The summed E-state index contributed by atoms with van der Waals surface area (Å²) < 4.78 is 69.2. The monoisotopic (exact) mass is 1680 g/mol. The first-order valence-electron chi connectivity index (χ1n) is 49.7. The van der Waals surface area contributed by atoms with Gasteiger partial charge >= 0.3 is 39.5 Å². The molecule has 115 heavy (non-hydrogen) atoms. The van der Waals surface area contributed by atoms with E-state index in [0.717, 1.165) is 95.8 Å². The molecule has 0 heterocycles. The quantitative estimate of drug-likeness (QED) is 0.0222. The molecule has 6 atom stereocenters. The summed E-state index contributed by atoms with van der Waals surface area (Å²) in [6, 6.07) is 0. The third-order valence-corrected chi connectivity index (χ3v) is 25.0. The van der Waals surface area contributed by atoms with Crippen molar-refractivity contribution in [2.75, 3.05) is 39.6 Å². The number of esters is 4. The highest BCUT2D eigenvalue weighted by atomic mass is 31.2. The minimum Gasteiger partial charge on any atom is -0.462 e. The molecule has 3 unspecified atom stereocenters. The van der Waals surface area contributed by atoms with Crippen molar-refractivity contribution in [3.8, 4) is 0 Å². The maximum Gasteiger partial charge on any atom is 0.472 e. The molecule has 0 amide bonds. The second-order valence-corrected chi connectivity index (χ2v) is 37.6. The van der Waals surface area contributed by atoms with Crippen LogP contribution in [0.4, 0.5) is 0 Å². The Hall–Kier alpha value is -1.94. The smallest absolute Gasteiger partial charge is 0.462 e. The predicted molar refractivity (Wildman–Crippen MR) is 479 cm³/mol. The number of rotatable bonds is 96. The summed E-state index contributed by atoms with van der Waals surface area (Å²) in [5.41, 5.74) is 0. The van der Waals surface area contributed by atoms with E-state index in [4.69, 9.17) is 37.0 Å². The molecule has 0 aromatic heterocycles. The Labute approximate surface area is 708 Å². The summed E-state index contributed by atoms with van der Waals surface area (Å²) in [6.07, 6.45) is 86.2. The number of aliphatic hydroxyl groups is 1. The van der Waals surface area contributed by atoms with Gasteiger partial charge in [-0.3, -0.25) is 37.3 Å². The van der Waals surface area contributed by atoms with Gasteiger partial charge in [-0.2, -0.15) is 0 Å². The molecule has 684 valence electrons. The molecule has 19 heteroatoms. The zero-order valence-corrected chi connectivity index (χ0v) is 77.7. The zero-order chi connectivity index (χ0) is 84.0. The molecule has 0 saturated heterocycles. The maximum atomic E-state index is 13.2. The Kier molecular flexibility index (Phi) is 86.9. The van der Waals surface area contributed by atoms with Gasteiger partial charge in [-0.1, -0.05) is 478 Å². The van der Waals surface area contributed by atoms with Crippen LogP contribution in [0.2, 0.25) is 0 Å². The minimum absolute atomic E-state index is 0.110. The van der Waals surface area contributed by atoms with Crippen LogP contribution in [-0.2, 0) is 65.4 Å². The number of aliphatic hydroxyl groups excluding tert-OH is 1. The molecule has 0 bridgehead atoms. The average molecular weight is 1680 g/mol. The number of phosphoric ester groups is 2. The highest BCUT2D eigenvalue weighted by Crippen LogP contribution is 2.45. The van der Waals surface area contributed by atoms with Gasteiger partial charge in [-0.15, -0.1) is 0 Å². The number of carbonyl (C=O) groups excluding carboxylic acids is 4. The number of ether oxygens (including phenoxy) is 4. The fraction of sp³-hybridized carbons (Fsp3) is 0.958. The van der Waals surface area contributed by atoms with E-state index in [-0.39, 0.29) is 25.7 Å². The largest absolute Gasteiger partial charge is 0.472 e. The van der Waals surface area contributed by atoms with Crippen molar-refractivity contribution in [1.82, 2.24) is 0 Å².